The van der Waals surface area contributed by atoms with Gasteiger partial charge in [0.1, 0.15) is 0 Å². The highest BCUT2D eigenvalue weighted by atomic mass is 35.5. The van der Waals surface area contributed by atoms with Crippen molar-refractivity contribution in [3.8, 4) is 11.3 Å². The van der Waals surface area contributed by atoms with Crippen molar-refractivity contribution < 1.29 is 14.6 Å². The summed E-state index contributed by atoms with van der Waals surface area (Å²) in [5.41, 5.74) is 5.28. The van der Waals surface area contributed by atoms with E-state index < -0.39 is 0 Å². The molecule has 208 valence electrons. The van der Waals surface area contributed by atoms with Crippen LogP contribution < -0.4 is 10.2 Å². The molecule has 2 fully saturated rings. The van der Waals surface area contributed by atoms with E-state index in [9.17, 15) is 9.90 Å². The number of hydrogen-bond donors (Lipinski definition) is 3. The minimum atomic E-state index is -0.262. The summed E-state index contributed by atoms with van der Waals surface area (Å²) >= 11 is 6.49. The SMILES string of the molecule is CC(C)C[C@H](NC(=O)c1ccc2[nH]nc(-c3ccc(N4[C@@H]5COC[C@H]4CC(O)C5)cc3)c2c1)c1ccccc1Cl. The molecule has 7 nitrogen and oxygen atoms in total. The summed E-state index contributed by atoms with van der Waals surface area (Å²) in [7, 11) is 0. The zero-order valence-electron chi connectivity index (χ0n) is 22.8. The molecule has 40 heavy (non-hydrogen) atoms. The number of aromatic nitrogens is 2. The number of anilines is 1. The van der Waals surface area contributed by atoms with Gasteiger partial charge < -0.3 is 20.1 Å². The van der Waals surface area contributed by atoms with Gasteiger partial charge in [0.05, 0.1) is 48.7 Å². The van der Waals surface area contributed by atoms with Gasteiger partial charge >= 0.3 is 0 Å². The first kappa shape index (κ1) is 26.8. The number of fused-ring (bicyclic) bond motifs is 3. The van der Waals surface area contributed by atoms with E-state index in [1.165, 1.54) is 0 Å². The summed E-state index contributed by atoms with van der Waals surface area (Å²) in [5.74, 6) is 0.241. The van der Waals surface area contributed by atoms with Gasteiger partial charge in [-0.2, -0.15) is 5.10 Å². The van der Waals surface area contributed by atoms with Gasteiger partial charge in [0.2, 0.25) is 0 Å². The number of carbonyl (C=O) groups excluding carboxylic acids is 1. The number of ether oxygens (including phenoxy) is 1. The second-order valence-corrected chi connectivity index (χ2v) is 11.8. The Bertz CT molecular complexity index is 1490. The van der Waals surface area contributed by atoms with Crippen LogP contribution in [0.25, 0.3) is 22.2 Å². The van der Waals surface area contributed by atoms with E-state index in [1.807, 2.05) is 42.5 Å². The molecule has 1 unspecified atom stereocenters. The van der Waals surface area contributed by atoms with Crippen LogP contribution in [0.1, 0.15) is 55.1 Å². The van der Waals surface area contributed by atoms with Crippen LogP contribution in [-0.4, -0.2) is 52.6 Å². The molecule has 3 N–H and O–H groups in total. The number of aromatic amines is 1. The third-order valence-electron chi connectivity index (χ3n) is 8.05. The number of piperidine rings is 1. The number of rotatable bonds is 7. The number of hydrogen-bond acceptors (Lipinski definition) is 5. The summed E-state index contributed by atoms with van der Waals surface area (Å²) in [6.07, 6.45) is 1.97. The lowest BCUT2D eigenvalue weighted by Crippen LogP contribution is -2.58. The molecule has 6 rings (SSSR count). The molecular weight excluding hydrogens is 524 g/mol. The van der Waals surface area contributed by atoms with Crippen LogP contribution in [0.15, 0.2) is 66.7 Å². The van der Waals surface area contributed by atoms with E-state index in [2.05, 4.69) is 58.5 Å². The topological polar surface area (TPSA) is 90.5 Å². The average molecular weight is 559 g/mol. The smallest absolute Gasteiger partial charge is 0.251 e. The van der Waals surface area contributed by atoms with Crippen molar-refractivity contribution in [1.29, 1.82) is 0 Å². The average Bonchev–Trinajstić information content (AvgIpc) is 3.36. The highest BCUT2D eigenvalue weighted by Crippen LogP contribution is 2.35. The van der Waals surface area contributed by atoms with Gasteiger partial charge in [-0.25, -0.2) is 0 Å². The van der Waals surface area contributed by atoms with Crippen LogP contribution >= 0.6 is 11.6 Å². The molecule has 2 saturated heterocycles. The predicted molar refractivity (Wildman–Crippen MR) is 159 cm³/mol. The van der Waals surface area contributed by atoms with E-state index in [1.54, 1.807) is 0 Å². The Morgan fingerprint density at radius 3 is 2.52 bits per heavy atom. The van der Waals surface area contributed by atoms with E-state index >= 15 is 0 Å². The largest absolute Gasteiger partial charge is 0.393 e. The number of halogens is 1. The van der Waals surface area contributed by atoms with E-state index in [0.29, 0.717) is 29.7 Å². The number of aliphatic hydroxyl groups excluding tert-OH is 1. The standard InChI is InChI=1S/C32H35ClN4O3/c1-19(2)13-30(26-5-3-4-6-28(26)33)34-32(39)21-9-12-29-27(14-21)31(36-35-29)20-7-10-22(11-8-20)37-23-15-25(38)16-24(37)18-40-17-23/h3-12,14,19,23-25,30,38H,13,15-18H2,1-2H3,(H,34,39)(H,35,36)/t23-,24+,25?,30-/m0/s1. The maximum Gasteiger partial charge on any atom is 0.251 e. The third-order valence-corrected chi connectivity index (χ3v) is 8.40. The van der Waals surface area contributed by atoms with Gasteiger partial charge in [-0.1, -0.05) is 55.8 Å². The van der Waals surface area contributed by atoms with E-state index in [0.717, 1.165) is 52.7 Å². The summed E-state index contributed by atoms with van der Waals surface area (Å²) in [5, 5.41) is 22.7. The normalized spacial score (nSPS) is 21.5. The molecule has 8 heteroatoms. The molecular formula is C32H35ClN4O3. The molecule has 4 aromatic rings. The number of nitrogens with zero attached hydrogens (tertiary/aromatic N) is 2. The summed E-state index contributed by atoms with van der Waals surface area (Å²) < 4.78 is 5.77. The van der Waals surface area contributed by atoms with Crippen LogP contribution in [0.5, 0.6) is 0 Å². The summed E-state index contributed by atoms with van der Waals surface area (Å²) in [6.45, 7) is 5.55. The maximum absolute atomic E-state index is 13.5. The van der Waals surface area contributed by atoms with Crippen molar-refractivity contribution in [2.24, 2.45) is 5.92 Å². The summed E-state index contributed by atoms with van der Waals surface area (Å²) in [6, 6.07) is 21.9. The minimum Gasteiger partial charge on any atom is -0.393 e. The number of nitrogens with one attached hydrogen (secondary N) is 2. The second kappa shape index (κ2) is 11.2. The van der Waals surface area contributed by atoms with Crippen LogP contribution in [0.2, 0.25) is 5.02 Å². The number of aliphatic hydroxyl groups is 1. The number of carbonyl (C=O) groups is 1. The monoisotopic (exact) mass is 558 g/mol. The predicted octanol–water partition coefficient (Wildman–Crippen LogP) is 6.13. The zero-order valence-corrected chi connectivity index (χ0v) is 23.6. The van der Waals surface area contributed by atoms with Crippen molar-refractivity contribution in [2.75, 3.05) is 18.1 Å². The lowest BCUT2D eigenvalue weighted by Gasteiger charge is -2.48. The third kappa shape index (κ3) is 5.33. The molecule has 0 saturated carbocycles. The first-order valence-corrected chi connectivity index (χ1v) is 14.4. The molecule has 2 bridgehead atoms. The van der Waals surface area contributed by atoms with Gasteiger partial charge in [0, 0.05) is 27.2 Å². The van der Waals surface area contributed by atoms with Crippen molar-refractivity contribution >= 4 is 34.1 Å². The van der Waals surface area contributed by atoms with Crippen LogP contribution in [-0.2, 0) is 4.74 Å². The fourth-order valence-electron chi connectivity index (χ4n) is 6.21. The summed E-state index contributed by atoms with van der Waals surface area (Å²) in [4.78, 5) is 15.9. The maximum atomic E-state index is 13.5. The van der Waals surface area contributed by atoms with Gasteiger partial charge in [0.25, 0.3) is 5.91 Å². The molecule has 1 aromatic heterocycles. The van der Waals surface area contributed by atoms with Crippen molar-refractivity contribution in [2.45, 2.75) is 57.3 Å². The van der Waals surface area contributed by atoms with Gasteiger partial charge in [-0.05, 0) is 67.1 Å². The quantitative estimate of drug-likeness (QED) is 0.254. The highest BCUT2D eigenvalue weighted by molar-refractivity contribution is 6.31. The Kier molecular flexibility index (Phi) is 7.53. The van der Waals surface area contributed by atoms with Gasteiger partial charge in [0.15, 0.2) is 0 Å². The van der Waals surface area contributed by atoms with Gasteiger partial charge in [-0.3, -0.25) is 9.89 Å². The molecule has 0 aliphatic carbocycles. The lowest BCUT2D eigenvalue weighted by molar-refractivity contribution is 0.00124. The lowest BCUT2D eigenvalue weighted by atomic mass is 9.91. The van der Waals surface area contributed by atoms with Crippen molar-refractivity contribution in [3.63, 3.8) is 0 Å². The van der Waals surface area contributed by atoms with E-state index in [4.69, 9.17) is 16.3 Å². The van der Waals surface area contributed by atoms with Crippen LogP contribution in [0.4, 0.5) is 5.69 Å². The van der Waals surface area contributed by atoms with Gasteiger partial charge in [-0.15, -0.1) is 0 Å². The first-order chi connectivity index (χ1) is 19.4. The molecule has 3 heterocycles. The highest BCUT2D eigenvalue weighted by Gasteiger charge is 2.38. The first-order valence-electron chi connectivity index (χ1n) is 14.1. The Morgan fingerprint density at radius 2 is 1.82 bits per heavy atom. The number of morpholine rings is 1. The molecule has 2 aliphatic heterocycles. The number of H-pyrrole nitrogens is 1. The van der Waals surface area contributed by atoms with E-state index in [-0.39, 0.29) is 30.1 Å². The fourth-order valence-corrected chi connectivity index (χ4v) is 6.48. The van der Waals surface area contributed by atoms with Crippen molar-refractivity contribution in [1.82, 2.24) is 15.5 Å². The molecule has 0 spiro atoms. The van der Waals surface area contributed by atoms with Crippen molar-refractivity contribution in [3.05, 3.63) is 82.9 Å². The zero-order chi connectivity index (χ0) is 27.8. The Hall–Kier alpha value is -3.39. The Labute approximate surface area is 239 Å². The van der Waals surface area contributed by atoms with Crippen LogP contribution in [0, 0.1) is 5.92 Å². The second-order valence-electron chi connectivity index (χ2n) is 11.4. The Morgan fingerprint density at radius 1 is 1.10 bits per heavy atom. The molecule has 2 aliphatic rings. The minimum absolute atomic E-state index is 0.143. The Balaban J connectivity index is 1.25. The fraction of sp³-hybridized carbons (Fsp3) is 0.375. The molecule has 1 amide bonds. The molecule has 4 atom stereocenters. The molecule has 0 radical (unpaired) electrons. The van der Waals surface area contributed by atoms with Crippen LogP contribution in [0.3, 0.4) is 0 Å². The number of amides is 1. The molecule has 3 aromatic carbocycles. The number of benzene rings is 3.